The van der Waals surface area contributed by atoms with E-state index in [1.807, 2.05) is 6.08 Å². The smallest absolute Gasteiger partial charge is 0.119 e. The van der Waals surface area contributed by atoms with E-state index in [9.17, 15) is 0 Å². The van der Waals surface area contributed by atoms with E-state index < -0.39 is 0 Å². The molecule has 1 saturated carbocycles. The lowest BCUT2D eigenvalue weighted by atomic mass is 9.80. The molecule has 2 rings (SSSR count). The monoisotopic (exact) mass is 508 g/mol. The Hall–Kier alpha value is -2.17. The Balaban J connectivity index is 2.14. The van der Waals surface area contributed by atoms with Crippen LogP contribution in [0.15, 0.2) is 82.6 Å². The van der Waals surface area contributed by atoms with Crippen LogP contribution in [0.1, 0.15) is 78.7 Å². The standard InChI is InChI=1S/C32H48N2OS/c1-7-9-31(16-19-33)35-32-14-12-29(13-15-32)17-20-34(23-27(5)30-10-8-11-30)28(6)26(4)22-25(3)24(2)18-21-36/h12-15,18,21-23,30-31,36H,6-11,16-17,19-20,33H2,1-5H3/b21-18-,25-24+,26-22+,27-23+. The van der Waals surface area contributed by atoms with Crippen LogP contribution in [-0.4, -0.2) is 24.1 Å². The fraction of sp³-hybridized carbons (Fsp3) is 0.500. The highest BCUT2D eigenvalue weighted by Gasteiger charge is 2.20. The van der Waals surface area contributed by atoms with E-state index in [4.69, 9.17) is 10.5 Å². The van der Waals surface area contributed by atoms with Crippen LogP contribution >= 0.6 is 12.6 Å². The molecule has 0 heterocycles. The maximum absolute atomic E-state index is 6.18. The van der Waals surface area contributed by atoms with Gasteiger partial charge in [-0.15, -0.1) is 0 Å². The molecule has 1 aromatic carbocycles. The Morgan fingerprint density at radius 1 is 1.14 bits per heavy atom. The van der Waals surface area contributed by atoms with Gasteiger partial charge in [0, 0.05) is 18.4 Å². The summed E-state index contributed by atoms with van der Waals surface area (Å²) in [5, 5.41) is 1.78. The molecule has 198 valence electrons. The molecule has 0 aliphatic heterocycles. The zero-order chi connectivity index (χ0) is 26.5. The minimum Gasteiger partial charge on any atom is -0.490 e. The van der Waals surface area contributed by atoms with Gasteiger partial charge in [-0.2, -0.15) is 12.6 Å². The average molecular weight is 509 g/mol. The van der Waals surface area contributed by atoms with E-state index in [-0.39, 0.29) is 6.10 Å². The summed E-state index contributed by atoms with van der Waals surface area (Å²) in [5.74, 6) is 1.65. The van der Waals surface area contributed by atoms with Crippen LogP contribution in [0, 0.1) is 5.92 Å². The largest absolute Gasteiger partial charge is 0.490 e. The molecule has 0 bridgehead atoms. The summed E-state index contributed by atoms with van der Waals surface area (Å²) in [7, 11) is 0. The van der Waals surface area contributed by atoms with Gasteiger partial charge in [0.05, 0.1) is 6.10 Å². The molecule has 36 heavy (non-hydrogen) atoms. The molecule has 4 heteroatoms. The van der Waals surface area contributed by atoms with E-state index in [1.54, 1.807) is 5.41 Å². The number of benzene rings is 1. The first kappa shape index (κ1) is 30.1. The normalized spacial score (nSPS) is 16.5. The molecule has 1 fully saturated rings. The molecular formula is C32H48N2OS. The highest BCUT2D eigenvalue weighted by molar-refractivity contribution is 7.83. The predicted molar refractivity (Wildman–Crippen MR) is 160 cm³/mol. The number of nitrogens with zero attached hydrogens (tertiary/aromatic N) is 1. The van der Waals surface area contributed by atoms with Crippen LogP contribution in [0.4, 0.5) is 0 Å². The third-order valence-corrected chi connectivity index (χ3v) is 7.41. The van der Waals surface area contributed by atoms with Crippen molar-refractivity contribution in [1.29, 1.82) is 0 Å². The number of hydrogen-bond acceptors (Lipinski definition) is 4. The van der Waals surface area contributed by atoms with Crippen LogP contribution in [0.2, 0.25) is 0 Å². The van der Waals surface area contributed by atoms with E-state index in [0.717, 1.165) is 49.6 Å². The van der Waals surface area contributed by atoms with Crippen molar-refractivity contribution in [2.75, 3.05) is 13.1 Å². The SMILES string of the molecule is C=C(/C(C)=C/C(C)=C(C)/C=C\S)N(/C=C(\C)C1CCC1)CCc1ccc(OC(CCC)CCN)cc1. The second-order valence-electron chi connectivity index (χ2n) is 10.1. The molecule has 1 aromatic rings. The quantitative estimate of drug-likeness (QED) is 0.185. The summed E-state index contributed by atoms with van der Waals surface area (Å²) < 4.78 is 6.18. The van der Waals surface area contributed by atoms with Gasteiger partial charge in [0.2, 0.25) is 0 Å². The molecule has 3 nitrogen and oxygen atoms in total. The maximum atomic E-state index is 6.18. The Kier molecular flexibility index (Phi) is 13.2. The molecule has 0 spiro atoms. The van der Waals surface area contributed by atoms with Crippen LogP contribution in [0.5, 0.6) is 5.75 Å². The first-order valence-electron chi connectivity index (χ1n) is 13.5. The number of thiol groups is 1. The number of ether oxygens (including phenoxy) is 1. The zero-order valence-electron chi connectivity index (χ0n) is 23.2. The number of hydrogen-bond donors (Lipinski definition) is 2. The van der Waals surface area contributed by atoms with Crippen molar-refractivity contribution >= 4 is 12.6 Å². The van der Waals surface area contributed by atoms with Gasteiger partial charge >= 0.3 is 0 Å². The lowest BCUT2D eigenvalue weighted by Crippen LogP contribution is -2.23. The summed E-state index contributed by atoms with van der Waals surface area (Å²) >= 11 is 4.21. The summed E-state index contributed by atoms with van der Waals surface area (Å²) in [4.78, 5) is 2.35. The highest BCUT2D eigenvalue weighted by atomic mass is 32.1. The third-order valence-electron chi connectivity index (χ3n) is 7.26. The van der Waals surface area contributed by atoms with E-state index in [1.165, 1.54) is 47.1 Å². The van der Waals surface area contributed by atoms with Gasteiger partial charge in [-0.25, -0.2) is 0 Å². The van der Waals surface area contributed by atoms with Crippen molar-refractivity contribution in [2.24, 2.45) is 11.7 Å². The topological polar surface area (TPSA) is 38.5 Å². The van der Waals surface area contributed by atoms with E-state index >= 15 is 0 Å². The van der Waals surface area contributed by atoms with Crippen LogP contribution in [0.25, 0.3) is 0 Å². The average Bonchev–Trinajstić information content (AvgIpc) is 2.81. The summed E-state index contributed by atoms with van der Waals surface area (Å²) in [5.41, 5.74) is 13.2. The summed E-state index contributed by atoms with van der Waals surface area (Å²) in [6.07, 6.45) is 14.7. The fourth-order valence-electron chi connectivity index (χ4n) is 4.43. The first-order chi connectivity index (χ1) is 17.3. The Morgan fingerprint density at radius 2 is 1.83 bits per heavy atom. The minimum absolute atomic E-state index is 0.198. The van der Waals surface area contributed by atoms with Crippen LogP contribution < -0.4 is 10.5 Å². The van der Waals surface area contributed by atoms with Gasteiger partial charge in [-0.1, -0.05) is 56.2 Å². The van der Waals surface area contributed by atoms with Gasteiger partial charge in [0.1, 0.15) is 5.75 Å². The Labute approximate surface area is 226 Å². The third kappa shape index (κ3) is 9.71. The summed E-state index contributed by atoms with van der Waals surface area (Å²) in [6, 6.07) is 8.57. The van der Waals surface area contributed by atoms with Gasteiger partial charge in [-0.3, -0.25) is 0 Å². The highest BCUT2D eigenvalue weighted by Crippen LogP contribution is 2.33. The number of allylic oxidation sites excluding steroid dienone is 6. The van der Waals surface area contributed by atoms with Crippen molar-refractivity contribution in [3.63, 3.8) is 0 Å². The fourth-order valence-corrected chi connectivity index (χ4v) is 4.65. The van der Waals surface area contributed by atoms with E-state index in [0.29, 0.717) is 6.54 Å². The molecule has 2 N–H and O–H groups in total. The molecule has 1 atom stereocenters. The number of rotatable bonds is 15. The molecule has 1 unspecified atom stereocenters. The van der Waals surface area contributed by atoms with Crippen molar-refractivity contribution < 1.29 is 4.74 Å². The maximum Gasteiger partial charge on any atom is 0.119 e. The Bertz CT molecular complexity index is 945. The van der Waals surface area contributed by atoms with Crippen molar-refractivity contribution in [1.82, 2.24) is 4.90 Å². The number of nitrogens with two attached hydrogens (primary N) is 1. The van der Waals surface area contributed by atoms with E-state index in [2.05, 4.69) is 95.3 Å². The molecule has 0 saturated heterocycles. The molecule has 0 aromatic heterocycles. The predicted octanol–water partition coefficient (Wildman–Crippen LogP) is 8.37. The second kappa shape index (κ2) is 15.8. The lowest BCUT2D eigenvalue weighted by molar-refractivity contribution is 0.182. The van der Waals surface area contributed by atoms with Gasteiger partial charge in [-0.05, 0) is 112 Å². The van der Waals surface area contributed by atoms with Crippen LogP contribution in [0.3, 0.4) is 0 Å². The van der Waals surface area contributed by atoms with Gasteiger partial charge in [0.25, 0.3) is 0 Å². The molecule has 1 aliphatic rings. The molecule has 0 amide bonds. The van der Waals surface area contributed by atoms with Crippen molar-refractivity contribution in [2.45, 2.75) is 85.7 Å². The van der Waals surface area contributed by atoms with Crippen molar-refractivity contribution in [3.05, 3.63) is 88.2 Å². The first-order valence-corrected chi connectivity index (χ1v) is 14.1. The molecule has 0 radical (unpaired) electrons. The second-order valence-corrected chi connectivity index (χ2v) is 10.4. The lowest BCUT2D eigenvalue weighted by Gasteiger charge is -2.30. The van der Waals surface area contributed by atoms with Gasteiger partial charge < -0.3 is 15.4 Å². The van der Waals surface area contributed by atoms with Crippen LogP contribution in [-0.2, 0) is 6.42 Å². The van der Waals surface area contributed by atoms with Crippen molar-refractivity contribution in [3.8, 4) is 5.75 Å². The Morgan fingerprint density at radius 3 is 2.39 bits per heavy atom. The molecule has 1 aliphatic carbocycles. The zero-order valence-corrected chi connectivity index (χ0v) is 24.1. The summed E-state index contributed by atoms with van der Waals surface area (Å²) in [6.45, 7) is 16.9. The van der Waals surface area contributed by atoms with Gasteiger partial charge in [0.15, 0.2) is 0 Å². The minimum atomic E-state index is 0.198. The molecular weight excluding hydrogens is 460 g/mol.